The van der Waals surface area contributed by atoms with Crippen LogP contribution in [0.15, 0.2) is 47.0 Å². The number of benzene rings is 1. The number of hydrogen-bond acceptors (Lipinski definition) is 4. The lowest BCUT2D eigenvalue weighted by Gasteiger charge is -2.29. The average molecular weight is 308 g/mol. The van der Waals surface area contributed by atoms with Gasteiger partial charge in [-0.3, -0.25) is 0 Å². The summed E-state index contributed by atoms with van der Waals surface area (Å²) in [5.74, 6) is 0.412. The van der Waals surface area contributed by atoms with E-state index >= 15 is 0 Å². The first-order valence-electron chi connectivity index (χ1n) is 6.60. The largest absolute Gasteiger partial charge is 0.513 e. The van der Waals surface area contributed by atoms with Crippen molar-refractivity contribution in [3.8, 4) is 0 Å². The van der Waals surface area contributed by atoms with E-state index in [-0.39, 0.29) is 5.92 Å². The molecule has 1 unspecified atom stereocenters. The molecule has 21 heavy (non-hydrogen) atoms. The smallest absolute Gasteiger partial charge is 0.437 e. The highest BCUT2D eigenvalue weighted by atomic mass is 35.5. The third-order valence-electron chi connectivity index (χ3n) is 3.59. The van der Waals surface area contributed by atoms with E-state index in [0.717, 1.165) is 22.5 Å². The molecule has 0 fully saturated rings. The van der Waals surface area contributed by atoms with Crippen molar-refractivity contribution in [1.29, 1.82) is 0 Å². The second-order valence-electron chi connectivity index (χ2n) is 4.96. The van der Waals surface area contributed by atoms with Crippen molar-refractivity contribution in [2.45, 2.75) is 26.7 Å². The van der Waals surface area contributed by atoms with Crippen LogP contribution in [-0.4, -0.2) is 13.3 Å². The van der Waals surface area contributed by atoms with Gasteiger partial charge in [0.15, 0.2) is 0 Å². The Kier molecular flexibility index (Phi) is 4.58. The second-order valence-corrected chi connectivity index (χ2v) is 5.40. The molecule has 1 heterocycles. The summed E-state index contributed by atoms with van der Waals surface area (Å²) in [6.07, 6.45) is -0.725. The minimum Gasteiger partial charge on any atom is -0.437 e. The summed E-state index contributed by atoms with van der Waals surface area (Å²) in [6.45, 7) is 5.88. The molecule has 1 atom stereocenters. The normalized spacial score (nSPS) is 18.4. The average Bonchev–Trinajstić information content (AvgIpc) is 2.46. The molecule has 1 aliphatic rings. The van der Waals surface area contributed by atoms with Gasteiger partial charge in [-0.1, -0.05) is 23.7 Å². The summed E-state index contributed by atoms with van der Waals surface area (Å²) in [5.41, 5.74) is 3.94. The third-order valence-corrected chi connectivity index (χ3v) is 3.85. The molecule has 0 spiro atoms. The maximum atomic E-state index is 11.5. The Morgan fingerprint density at radius 3 is 2.33 bits per heavy atom. The van der Waals surface area contributed by atoms with Crippen molar-refractivity contribution in [1.82, 2.24) is 5.32 Å². The Balaban J connectivity index is 2.46. The fourth-order valence-electron chi connectivity index (χ4n) is 2.39. The predicted molar refractivity (Wildman–Crippen MR) is 81.9 cm³/mol. The molecule has 0 saturated heterocycles. The molecule has 0 radical (unpaired) electrons. The summed E-state index contributed by atoms with van der Waals surface area (Å²) >= 11 is 5.95. The van der Waals surface area contributed by atoms with E-state index in [4.69, 9.17) is 16.3 Å². The van der Waals surface area contributed by atoms with Crippen molar-refractivity contribution in [3.63, 3.8) is 0 Å². The van der Waals surface area contributed by atoms with Crippen LogP contribution in [0.3, 0.4) is 0 Å². The molecular formula is C16H18ClNO3. The summed E-state index contributed by atoms with van der Waals surface area (Å²) in [5, 5.41) is 3.89. The number of ether oxygens (including phenoxy) is 2. The number of carbonyl (C=O) groups excluding carboxylic acids is 1. The predicted octanol–water partition coefficient (Wildman–Crippen LogP) is 4.34. The lowest BCUT2D eigenvalue weighted by atomic mass is 9.86. The van der Waals surface area contributed by atoms with Crippen LogP contribution in [0.2, 0.25) is 5.02 Å². The van der Waals surface area contributed by atoms with Crippen LogP contribution in [0, 0.1) is 0 Å². The number of nitrogens with one attached hydrogen (secondary N) is 1. The minimum atomic E-state index is -0.725. The summed E-state index contributed by atoms with van der Waals surface area (Å²) in [7, 11) is 1.29. The van der Waals surface area contributed by atoms with Gasteiger partial charge < -0.3 is 14.8 Å². The van der Waals surface area contributed by atoms with Crippen LogP contribution in [0.25, 0.3) is 0 Å². The maximum Gasteiger partial charge on any atom is 0.513 e. The number of hydrogen-bond donors (Lipinski definition) is 1. The van der Waals surface area contributed by atoms with Crippen molar-refractivity contribution >= 4 is 17.8 Å². The highest BCUT2D eigenvalue weighted by Gasteiger charge is 2.29. The lowest BCUT2D eigenvalue weighted by Crippen LogP contribution is -2.26. The highest BCUT2D eigenvalue weighted by molar-refractivity contribution is 6.30. The maximum absolute atomic E-state index is 11.5. The number of allylic oxidation sites excluding steroid dienone is 3. The molecule has 0 bridgehead atoms. The van der Waals surface area contributed by atoms with Gasteiger partial charge in [0.05, 0.1) is 18.7 Å². The van der Waals surface area contributed by atoms with E-state index in [9.17, 15) is 4.79 Å². The van der Waals surface area contributed by atoms with Gasteiger partial charge in [0.1, 0.15) is 5.76 Å². The second kappa shape index (κ2) is 6.22. The molecule has 0 amide bonds. The topological polar surface area (TPSA) is 47.6 Å². The van der Waals surface area contributed by atoms with Gasteiger partial charge in [0, 0.05) is 10.7 Å². The Morgan fingerprint density at radius 1 is 1.14 bits per heavy atom. The zero-order valence-corrected chi connectivity index (χ0v) is 13.2. The zero-order chi connectivity index (χ0) is 15.6. The SMILES string of the molecule is COC(=O)OC1=C(C)NC(C)=C(C)C1c1ccc(Cl)cc1. The van der Waals surface area contributed by atoms with E-state index < -0.39 is 6.16 Å². The molecule has 0 aromatic heterocycles. The van der Waals surface area contributed by atoms with Gasteiger partial charge in [0.25, 0.3) is 0 Å². The van der Waals surface area contributed by atoms with Gasteiger partial charge in [-0.25, -0.2) is 4.79 Å². The van der Waals surface area contributed by atoms with E-state index in [1.165, 1.54) is 7.11 Å². The van der Waals surface area contributed by atoms with Gasteiger partial charge >= 0.3 is 6.16 Å². The number of dihydropyridines is 1. The molecule has 4 nitrogen and oxygen atoms in total. The first-order chi connectivity index (χ1) is 9.93. The first kappa shape index (κ1) is 15.4. The van der Waals surface area contributed by atoms with Crippen LogP contribution in [0.1, 0.15) is 32.3 Å². The molecule has 1 N–H and O–H groups in total. The highest BCUT2D eigenvalue weighted by Crippen LogP contribution is 2.38. The van der Waals surface area contributed by atoms with E-state index in [2.05, 4.69) is 10.1 Å². The first-order valence-corrected chi connectivity index (χ1v) is 6.98. The van der Waals surface area contributed by atoms with Crippen LogP contribution < -0.4 is 5.32 Å². The third kappa shape index (κ3) is 3.22. The van der Waals surface area contributed by atoms with E-state index in [1.54, 1.807) is 0 Å². The van der Waals surface area contributed by atoms with Crippen LogP contribution >= 0.6 is 11.6 Å². The van der Waals surface area contributed by atoms with Gasteiger partial charge in [-0.15, -0.1) is 0 Å². The van der Waals surface area contributed by atoms with Gasteiger partial charge in [-0.2, -0.15) is 0 Å². The zero-order valence-electron chi connectivity index (χ0n) is 12.5. The Hall–Kier alpha value is -1.94. The van der Waals surface area contributed by atoms with Crippen molar-refractivity contribution in [2.75, 3.05) is 7.11 Å². The Labute approximate surface area is 129 Å². The number of carbonyl (C=O) groups is 1. The fourth-order valence-corrected chi connectivity index (χ4v) is 2.52. The summed E-state index contributed by atoms with van der Waals surface area (Å²) in [6, 6.07) is 7.52. The van der Waals surface area contributed by atoms with E-state index in [1.807, 2.05) is 45.0 Å². The van der Waals surface area contributed by atoms with Gasteiger partial charge in [-0.05, 0) is 44.0 Å². The molecule has 0 aliphatic carbocycles. The molecule has 1 aliphatic heterocycles. The van der Waals surface area contributed by atoms with E-state index in [0.29, 0.717) is 10.8 Å². The summed E-state index contributed by atoms with van der Waals surface area (Å²) < 4.78 is 9.96. The molecule has 1 aromatic rings. The standard InChI is InChI=1S/C16H18ClNO3/c1-9-10(2)18-11(3)15(21-16(19)20-4)14(9)12-5-7-13(17)8-6-12/h5-8,14,18H,1-4H3. The number of rotatable bonds is 2. The van der Waals surface area contributed by atoms with Crippen LogP contribution in [-0.2, 0) is 9.47 Å². The van der Waals surface area contributed by atoms with Crippen LogP contribution in [0.5, 0.6) is 0 Å². The Morgan fingerprint density at radius 2 is 1.76 bits per heavy atom. The Bertz CT molecular complexity index is 617. The molecular weight excluding hydrogens is 290 g/mol. The lowest BCUT2D eigenvalue weighted by molar-refractivity contribution is 0.0921. The molecule has 1 aromatic carbocycles. The quantitative estimate of drug-likeness (QED) is 0.826. The van der Waals surface area contributed by atoms with Crippen molar-refractivity contribution in [2.24, 2.45) is 0 Å². The minimum absolute atomic E-state index is 0.136. The molecule has 2 rings (SSSR count). The molecule has 0 saturated carbocycles. The fraction of sp³-hybridized carbons (Fsp3) is 0.312. The van der Waals surface area contributed by atoms with Gasteiger partial charge in [0.2, 0.25) is 0 Å². The van der Waals surface area contributed by atoms with Crippen LogP contribution in [0.4, 0.5) is 4.79 Å². The monoisotopic (exact) mass is 307 g/mol. The van der Waals surface area contributed by atoms with Crippen molar-refractivity contribution in [3.05, 3.63) is 57.6 Å². The summed E-state index contributed by atoms with van der Waals surface area (Å²) in [4.78, 5) is 11.5. The number of methoxy groups -OCH3 is 1. The number of halogens is 1. The molecule has 112 valence electrons. The molecule has 5 heteroatoms. The van der Waals surface area contributed by atoms with Crippen molar-refractivity contribution < 1.29 is 14.3 Å².